The van der Waals surface area contributed by atoms with Crippen molar-refractivity contribution in [1.29, 1.82) is 0 Å². The zero-order chi connectivity index (χ0) is 45.0. The van der Waals surface area contributed by atoms with Gasteiger partial charge < -0.3 is 4.74 Å². The van der Waals surface area contributed by atoms with Gasteiger partial charge in [-0.1, -0.05) is 42.0 Å². The Bertz CT molecular complexity index is 3380. The van der Waals surface area contributed by atoms with Crippen molar-refractivity contribution >= 4 is 64.3 Å². The summed E-state index contributed by atoms with van der Waals surface area (Å²) >= 11 is 0. The molecule has 65 heavy (non-hydrogen) atoms. The molecule has 0 saturated carbocycles. The number of carbonyl (C=O) groups is 8. The van der Waals surface area contributed by atoms with E-state index in [2.05, 4.69) is 0 Å². The van der Waals surface area contributed by atoms with Gasteiger partial charge in [-0.2, -0.15) is 0 Å². The van der Waals surface area contributed by atoms with Crippen LogP contribution in [0.5, 0.6) is 11.5 Å². The van der Waals surface area contributed by atoms with Gasteiger partial charge in [0.05, 0.1) is 61.6 Å². The van der Waals surface area contributed by atoms with Crippen molar-refractivity contribution in [3.05, 3.63) is 196 Å². The summed E-state index contributed by atoms with van der Waals surface area (Å²) in [4.78, 5) is 111. The van der Waals surface area contributed by atoms with Crippen LogP contribution in [0, 0.1) is 6.92 Å². The minimum absolute atomic E-state index is 0.136. The lowest BCUT2D eigenvalue weighted by atomic mass is 9.97. The fourth-order valence-electron chi connectivity index (χ4n) is 8.66. The number of nitrogens with zero attached hydrogens (tertiary/aromatic N) is 4. The number of hydrogen-bond donors (Lipinski definition) is 0. The molecule has 0 bridgehead atoms. The predicted molar refractivity (Wildman–Crippen MR) is 238 cm³/mol. The topological polar surface area (TPSA) is 159 Å². The van der Waals surface area contributed by atoms with E-state index >= 15 is 0 Å². The second kappa shape index (κ2) is 14.2. The molecule has 4 aliphatic heterocycles. The Morgan fingerprint density at radius 3 is 0.923 bits per heavy atom. The van der Waals surface area contributed by atoms with Gasteiger partial charge in [0.2, 0.25) is 0 Å². The highest BCUT2D eigenvalue weighted by atomic mass is 16.5. The maximum absolute atomic E-state index is 13.9. The van der Waals surface area contributed by atoms with E-state index in [9.17, 15) is 38.4 Å². The number of aryl methyl sites for hydroxylation is 1. The molecular weight excluding hydrogens is 825 g/mol. The standard InChI is InChI=1S/C52H30N4O9/c1-27-3-15-35(16-4-27)65-36-17-13-34(14-18-36)56-49(61)40-22-8-31(26-44(40)52(56)64)30-7-21-39-43(25-30)51(63)55(48(39)60)33-11-9-32(10-12-33)54-47(59)38-20-6-29(24-42(38)50(54)62)28-5-19-37-41(23-28)46(58)53(2)45(37)57/h3-26H,1-2H3. The predicted octanol–water partition coefficient (Wildman–Crippen LogP) is 8.75. The first-order chi connectivity index (χ1) is 31.4. The number of imide groups is 4. The normalized spacial score (nSPS) is 15.0. The maximum Gasteiger partial charge on any atom is 0.266 e. The van der Waals surface area contributed by atoms with Crippen molar-refractivity contribution < 1.29 is 43.1 Å². The fraction of sp³-hybridized carbons (Fsp3) is 0.0385. The third-order valence-corrected chi connectivity index (χ3v) is 12.1. The molecule has 13 nitrogen and oxygen atoms in total. The van der Waals surface area contributed by atoms with Crippen molar-refractivity contribution in [1.82, 2.24) is 4.90 Å². The minimum Gasteiger partial charge on any atom is -0.457 e. The quantitative estimate of drug-likeness (QED) is 0.143. The minimum atomic E-state index is -0.592. The van der Waals surface area contributed by atoms with E-state index in [0.717, 1.165) is 25.2 Å². The molecule has 7 aromatic carbocycles. The summed E-state index contributed by atoms with van der Waals surface area (Å²) in [6, 6.07) is 39.4. The molecule has 0 spiro atoms. The number of rotatable bonds is 7. The molecule has 4 aliphatic rings. The second-order valence-electron chi connectivity index (χ2n) is 16.0. The van der Waals surface area contributed by atoms with Gasteiger partial charge in [-0.25, -0.2) is 14.7 Å². The summed E-state index contributed by atoms with van der Waals surface area (Å²) in [6.45, 7) is 1.98. The van der Waals surface area contributed by atoms with Crippen LogP contribution in [-0.2, 0) is 0 Å². The summed E-state index contributed by atoms with van der Waals surface area (Å²) < 4.78 is 5.90. The number of carbonyl (C=O) groups excluding carboxylic acids is 8. The zero-order valence-electron chi connectivity index (χ0n) is 34.3. The average molecular weight is 855 g/mol. The molecule has 13 heteroatoms. The molecule has 0 aromatic heterocycles. The van der Waals surface area contributed by atoms with E-state index in [1.807, 2.05) is 31.2 Å². The third-order valence-electron chi connectivity index (χ3n) is 12.1. The largest absolute Gasteiger partial charge is 0.457 e. The van der Waals surface area contributed by atoms with Crippen LogP contribution in [0.4, 0.5) is 17.1 Å². The van der Waals surface area contributed by atoms with Crippen LogP contribution in [0.3, 0.4) is 0 Å². The van der Waals surface area contributed by atoms with E-state index in [1.165, 1.54) is 43.4 Å². The molecular formula is C52H30N4O9. The van der Waals surface area contributed by atoms with Crippen LogP contribution in [0.2, 0.25) is 0 Å². The highest BCUT2D eigenvalue weighted by molar-refractivity contribution is 6.37. The Balaban J connectivity index is 0.801. The molecule has 312 valence electrons. The number of ether oxygens (including phenoxy) is 1. The number of anilines is 3. The molecule has 0 unspecified atom stereocenters. The van der Waals surface area contributed by atoms with Crippen molar-refractivity contribution in [3.8, 4) is 33.8 Å². The summed E-state index contributed by atoms with van der Waals surface area (Å²) in [6.07, 6.45) is 0. The molecule has 11 rings (SSSR count). The van der Waals surface area contributed by atoms with Crippen LogP contribution in [0.1, 0.15) is 88.4 Å². The van der Waals surface area contributed by atoms with Crippen molar-refractivity contribution in [3.63, 3.8) is 0 Å². The van der Waals surface area contributed by atoms with E-state index in [0.29, 0.717) is 45.0 Å². The second-order valence-corrected chi connectivity index (χ2v) is 16.0. The van der Waals surface area contributed by atoms with E-state index in [-0.39, 0.29) is 50.3 Å². The lowest BCUT2D eigenvalue weighted by Crippen LogP contribution is -2.30. The first-order valence-electron chi connectivity index (χ1n) is 20.4. The molecule has 4 heterocycles. The van der Waals surface area contributed by atoms with Crippen molar-refractivity contribution in [2.24, 2.45) is 0 Å². The smallest absolute Gasteiger partial charge is 0.266 e. The van der Waals surface area contributed by atoms with Crippen LogP contribution < -0.4 is 19.4 Å². The number of benzene rings is 7. The Morgan fingerprint density at radius 2 is 0.569 bits per heavy atom. The van der Waals surface area contributed by atoms with Crippen LogP contribution in [0.15, 0.2) is 146 Å². The Labute approximate surface area is 369 Å². The molecule has 0 N–H and O–H groups in total. The lowest BCUT2D eigenvalue weighted by molar-refractivity contribution is 0.0690. The molecule has 0 aliphatic carbocycles. The van der Waals surface area contributed by atoms with Gasteiger partial charge in [-0.05, 0) is 138 Å². The summed E-state index contributed by atoms with van der Waals surface area (Å²) in [7, 11) is 1.41. The van der Waals surface area contributed by atoms with Gasteiger partial charge in [0, 0.05) is 7.05 Å². The Hall–Kier alpha value is -9.10. The molecule has 0 fully saturated rings. The Kier molecular flexibility index (Phi) is 8.49. The lowest BCUT2D eigenvalue weighted by Gasteiger charge is -2.17. The van der Waals surface area contributed by atoms with E-state index in [4.69, 9.17) is 4.74 Å². The van der Waals surface area contributed by atoms with E-state index < -0.39 is 47.3 Å². The van der Waals surface area contributed by atoms with Crippen LogP contribution in [0.25, 0.3) is 22.3 Å². The van der Waals surface area contributed by atoms with Gasteiger partial charge in [-0.15, -0.1) is 0 Å². The van der Waals surface area contributed by atoms with Crippen molar-refractivity contribution in [2.45, 2.75) is 6.92 Å². The highest BCUT2D eigenvalue weighted by Gasteiger charge is 2.41. The van der Waals surface area contributed by atoms with Gasteiger partial charge in [-0.3, -0.25) is 43.3 Å². The summed E-state index contributed by atoms with van der Waals surface area (Å²) in [5, 5.41) is 0. The van der Waals surface area contributed by atoms with Gasteiger partial charge in [0.15, 0.2) is 0 Å². The SMILES string of the molecule is Cc1ccc(Oc2ccc(N3C(=O)c4ccc(-c5ccc6c(c5)C(=O)N(c5ccc(N7C(=O)c8ccc(-c9ccc%10c(c9)C(=O)N(C)C%10=O)cc8C7=O)cc5)C6=O)cc4C3=O)cc2)cc1. The number of fused-ring (bicyclic) bond motifs is 4. The Morgan fingerprint density at radius 1 is 0.308 bits per heavy atom. The van der Waals surface area contributed by atoms with Gasteiger partial charge >= 0.3 is 0 Å². The first-order valence-corrected chi connectivity index (χ1v) is 20.4. The first kappa shape index (κ1) is 38.8. The zero-order valence-corrected chi connectivity index (χ0v) is 34.3. The average Bonchev–Trinajstić information content (AvgIpc) is 3.92. The number of amides is 8. The monoisotopic (exact) mass is 854 g/mol. The summed E-state index contributed by atoms with van der Waals surface area (Å²) in [5.74, 6) is -2.91. The molecule has 0 saturated heterocycles. The van der Waals surface area contributed by atoms with Gasteiger partial charge in [0.25, 0.3) is 47.3 Å². The van der Waals surface area contributed by atoms with Gasteiger partial charge in [0.1, 0.15) is 11.5 Å². The number of hydrogen-bond acceptors (Lipinski definition) is 9. The van der Waals surface area contributed by atoms with Crippen LogP contribution in [-0.4, -0.2) is 59.2 Å². The van der Waals surface area contributed by atoms with Crippen LogP contribution >= 0.6 is 0 Å². The highest BCUT2D eigenvalue weighted by Crippen LogP contribution is 2.38. The molecule has 8 amide bonds. The van der Waals surface area contributed by atoms with E-state index in [1.54, 1.807) is 84.9 Å². The van der Waals surface area contributed by atoms with Crippen molar-refractivity contribution in [2.75, 3.05) is 21.7 Å². The molecule has 0 radical (unpaired) electrons. The molecule has 0 atom stereocenters. The maximum atomic E-state index is 13.9. The summed E-state index contributed by atoms with van der Waals surface area (Å²) in [5.41, 5.74) is 5.77. The third kappa shape index (κ3) is 5.93. The molecule has 7 aromatic rings. The fourth-order valence-corrected chi connectivity index (χ4v) is 8.66.